The van der Waals surface area contributed by atoms with Crippen molar-refractivity contribution >= 4 is 17.6 Å². The SMILES string of the molecule is COc1ccc(C2CC(c3ccccc3Cl)NC(N)=N2)cc1OC. The average molecular weight is 346 g/mol. The van der Waals surface area contributed by atoms with Crippen LogP contribution < -0.4 is 20.5 Å². The lowest BCUT2D eigenvalue weighted by Crippen LogP contribution is -2.39. The zero-order chi connectivity index (χ0) is 17.1. The van der Waals surface area contributed by atoms with Gasteiger partial charge in [0, 0.05) is 5.02 Å². The Hall–Kier alpha value is -2.40. The van der Waals surface area contributed by atoms with E-state index in [2.05, 4.69) is 10.3 Å². The van der Waals surface area contributed by atoms with Crippen LogP contribution in [0.3, 0.4) is 0 Å². The van der Waals surface area contributed by atoms with Crippen LogP contribution in [0.5, 0.6) is 11.5 Å². The fraction of sp³-hybridized carbons (Fsp3) is 0.278. The van der Waals surface area contributed by atoms with Gasteiger partial charge in [-0.25, -0.2) is 4.99 Å². The first kappa shape index (κ1) is 16.5. The number of ether oxygens (including phenoxy) is 2. The molecule has 0 aromatic heterocycles. The minimum atomic E-state index is -0.0765. The van der Waals surface area contributed by atoms with E-state index in [4.69, 9.17) is 26.8 Å². The summed E-state index contributed by atoms with van der Waals surface area (Å²) >= 11 is 6.33. The van der Waals surface area contributed by atoms with Crippen LogP contribution in [0, 0.1) is 0 Å². The first-order chi connectivity index (χ1) is 11.6. The van der Waals surface area contributed by atoms with E-state index in [9.17, 15) is 0 Å². The van der Waals surface area contributed by atoms with Crippen LogP contribution in [0.15, 0.2) is 47.5 Å². The predicted octanol–water partition coefficient (Wildman–Crippen LogP) is 3.45. The van der Waals surface area contributed by atoms with Gasteiger partial charge in [0.25, 0.3) is 0 Å². The first-order valence-corrected chi connectivity index (χ1v) is 8.06. The third-order valence-electron chi connectivity index (χ3n) is 4.15. The molecule has 0 saturated carbocycles. The van der Waals surface area contributed by atoms with Gasteiger partial charge in [-0.3, -0.25) is 0 Å². The highest BCUT2D eigenvalue weighted by Crippen LogP contribution is 2.37. The van der Waals surface area contributed by atoms with Crippen LogP contribution >= 0.6 is 11.6 Å². The topological polar surface area (TPSA) is 68.9 Å². The van der Waals surface area contributed by atoms with Crippen molar-refractivity contribution in [3.05, 3.63) is 58.6 Å². The summed E-state index contributed by atoms with van der Waals surface area (Å²) in [6.45, 7) is 0. The summed E-state index contributed by atoms with van der Waals surface area (Å²) in [4.78, 5) is 4.53. The fourth-order valence-corrected chi connectivity index (χ4v) is 3.22. The van der Waals surface area contributed by atoms with Gasteiger partial charge in [0.1, 0.15) is 0 Å². The Morgan fingerprint density at radius 2 is 1.88 bits per heavy atom. The number of hydrogen-bond acceptors (Lipinski definition) is 5. The minimum absolute atomic E-state index is 0.00861. The van der Waals surface area contributed by atoms with Crippen molar-refractivity contribution in [2.24, 2.45) is 10.7 Å². The second-order valence-electron chi connectivity index (χ2n) is 5.60. The Morgan fingerprint density at radius 3 is 2.58 bits per heavy atom. The summed E-state index contributed by atoms with van der Waals surface area (Å²) in [6.07, 6.45) is 0.750. The molecule has 3 rings (SSSR count). The van der Waals surface area contributed by atoms with E-state index in [0.717, 1.165) is 22.6 Å². The molecule has 6 heteroatoms. The molecule has 2 aromatic rings. The molecule has 0 aliphatic carbocycles. The van der Waals surface area contributed by atoms with Gasteiger partial charge in [0.05, 0.1) is 26.3 Å². The highest BCUT2D eigenvalue weighted by molar-refractivity contribution is 6.31. The quantitative estimate of drug-likeness (QED) is 0.890. The van der Waals surface area contributed by atoms with E-state index >= 15 is 0 Å². The maximum absolute atomic E-state index is 6.33. The Labute approximate surface area is 146 Å². The third kappa shape index (κ3) is 3.26. The van der Waals surface area contributed by atoms with E-state index in [1.54, 1.807) is 14.2 Å². The predicted molar refractivity (Wildman–Crippen MR) is 95.9 cm³/mol. The summed E-state index contributed by atoms with van der Waals surface area (Å²) in [6, 6.07) is 13.5. The molecule has 5 nitrogen and oxygen atoms in total. The molecule has 126 valence electrons. The van der Waals surface area contributed by atoms with Gasteiger partial charge in [-0.2, -0.15) is 0 Å². The molecule has 3 N–H and O–H groups in total. The molecule has 24 heavy (non-hydrogen) atoms. The van der Waals surface area contributed by atoms with Gasteiger partial charge in [0.15, 0.2) is 17.5 Å². The molecule has 0 fully saturated rings. The van der Waals surface area contributed by atoms with E-state index in [1.807, 2.05) is 42.5 Å². The highest BCUT2D eigenvalue weighted by atomic mass is 35.5. The molecule has 1 aliphatic rings. The van der Waals surface area contributed by atoms with Gasteiger partial charge in [0.2, 0.25) is 0 Å². The van der Waals surface area contributed by atoms with Crippen LogP contribution in [-0.4, -0.2) is 20.2 Å². The largest absolute Gasteiger partial charge is 0.493 e. The maximum Gasteiger partial charge on any atom is 0.189 e. The lowest BCUT2D eigenvalue weighted by Gasteiger charge is -2.29. The zero-order valence-electron chi connectivity index (χ0n) is 13.6. The number of nitrogens with two attached hydrogens (primary N) is 1. The second-order valence-corrected chi connectivity index (χ2v) is 6.01. The lowest BCUT2D eigenvalue weighted by molar-refractivity contribution is 0.353. The molecule has 1 aliphatic heterocycles. The number of guanidine groups is 1. The monoisotopic (exact) mass is 345 g/mol. The number of nitrogens with one attached hydrogen (secondary N) is 1. The molecule has 1 heterocycles. The molecule has 0 radical (unpaired) electrons. The van der Waals surface area contributed by atoms with E-state index in [-0.39, 0.29) is 12.1 Å². The second kappa shape index (κ2) is 7.01. The molecular formula is C18H20ClN3O2. The number of rotatable bonds is 4. The summed E-state index contributed by atoms with van der Waals surface area (Å²) in [5.41, 5.74) is 8.05. The van der Waals surface area contributed by atoms with E-state index in [0.29, 0.717) is 17.5 Å². The number of halogens is 1. The Morgan fingerprint density at radius 1 is 1.12 bits per heavy atom. The number of benzene rings is 2. The first-order valence-electron chi connectivity index (χ1n) is 7.68. The van der Waals surface area contributed by atoms with Crippen LogP contribution in [0.25, 0.3) is 0 Å². The lowest BCUT2D eigenvalue weighted by atomic mass is 9.93. The molecule has 0 amide bonds. The Balaban J connectivity index is 1.91. The van der Waals surface area contributed by atoms with Gasteiger partial charge in [-0.15, -0.1) is 0 Å². The van der Waals surface area contributed by atoms with Crippen molar-refractivity contribution in [3.63, 3.8) is 0 Å². The fourth-order valence-electron chi connectivity index (χ4n) is 2.95. The Bertz CT molecular complexity index is 764. The molecule has 2 unspecified atom stereocenters. The van der Waals surface area contributed by atoms with Crippen LogP contribution in [0.1, 0.15) is 29.6 Å². The number of methoxy groups -OCH3 is 2. The van der Waals surface area contributed by atoms with Gasteiger partial charge >= 0.3 is 0 Å². The number of aliphatic imine (C=N–C) groups is 1. The van der Waals surface area contributed by atoms with Crippen LogP contribution in [0.4, 0.5) is 0 Å². The minimum Gasteiger partial charge on any atom is -0.493 e. The van der Waals surface area contributed by atoms with Crippen molar-refractivity contribution in [1.29, 1.82) is 0 Å². The van der Waals surface area contributed by atoms with Gasteiger partial charge in [-0.1, -0.05) is 35.9 Å². The van der Waals surface area contributed by atoms with Crippen LogP contribution in [0.2, 0.25) is 5.02 Å². The Kier molecular flexibility index (Phi) is 4.81. The van der Waals surface area contributed by atoms with Crippen molar-refractivity contribution in [1.82, 2.24) is 5.32 Å². The zero-order valence-corrected chi connectivity index (χ0v) is 14.4. The van der Waals surface area contributed by atoms with Crippen LogP contribution in [-0.2, 0) is 0 Å². The standard InChI is InChI=1S/C18H20ClN3O2/c1-23-16-8-7-11(9-17(16)24-2)14-10-15(22-18(20)21-14)12-5-3-4-6-13(12)19/h3-9,14-15H,10H2,1-2H3,(H3,20,21,22). The molecule has 2 atom stereocenters. The van der Waals surface area contributed by atoms with Gasteiger partial charge in [-0.05, 0) is 35.7 Å². The van der Waals surface area contributed by atoms with E-state index in [1.165, 1.54) is 0 Å². The maximum atomic E-state index is 6.33. The van der Waals surface area contributed by atoms with Crippen molar-refractivity contribution in [2.45, 2.75) is 18.5 Å². The van der Waals surface area contributed by atoms with Crippen molar-refractivity contribution < 1.29 is 9.47 Å². The average Bonchev–Trinajstić information content (AvgIpc) is 2.61. The summed E-state index contributed by atoms with van der Waals surface area (Å²) in [5.74, 6) is 1.78. The number of hydrogen-bond donors (Lipinski definition) is 2. The highest BCUT2D eigenvalue weighted by Gasteiger charge is 2.26. The summed E-state index contributed by atoms with van der Waals surface area (Å²) in [5, 5.41) is 3.93. The number of nitrogens with zero attached hydrogens (tertiary/aromatic N) is 1. The summed E-state index contributed by atoms with van der Waals surface area (Å²) < 4.78 is 10.7. The smallest absolute Gasteiger partial charge is 0.189 e. The normalized spacial score (nSPS) is 20.0. The molecule has 0 bridgehead atoms. The molecule has 2 aromatic carbocycles. The van der Waals surface area contributed by atoms with E-state index < -0.39 is 0 Å². The molecular weight excluding hydrogens is 326 g/mol. The molecule has 0 saturated heterocycles. The molecule has 0 spiro atoms. The van der Waals surface area contributed by atoms with Gasteiger partial charge < -0.3 is 20.5 Å². The van der Waals surface area contributed by atoms with Crippen molar-refractivity contribution in [3.8, 4) is 11.5 Å². The van der Waals surface area contributed by atoms with Crippen molar-refractivity contribution in [2.75, 3.05) is 14.2 Å². The third-order valence-corrected chi connectivity index (χ3v) is 4.49. The summed E-state index contributed by atoms with van der Waals surface area (Å²) in [7, 11) is 3.24.